The van der Waals surface area contributed by atoms with Crippen LogP contribution in [-0.2, 0) is 0 Å². The minimum absolute atomic E-state index is 0.217. The SMILES string of the molecule is C=C1SC(C)(C)C(C)(C)N1C. The van der Waals surface area contributed by atoms with Crippen LogP contribution in [0.1, 0.15) is 27.7 Å². The zero-order valence-corrected chi connectivity index (χ0v) is 8.88. The van der Waals surface area contributed by atoms with Gasteiger partial charge in [-0.3, -0.25) is 0 Å². The van der Waals surface area contributed by atoms with Crippen LogP contribution in [0.2, 0.25) is 0 Å². The van der Waals surface area contributed by atoms with Gasteiger partial charge >= 0.3 is 0 Å². The lowest BCUT2D eigenvalue weighted by atomic mass is 9.89. The van der Waals surface area contributed by atoms with Crippen LogP contribution in [-0.4, -0.2) is 22.2 Å². The van der Waals surface area contributed by atoms with Crippen molar-refractivity contribution in [1.82, 2.24) is 4.90 Å². The van der Waals surface area contributed by atoms with E-state index >= 15 is 0 Å². The van der Waals surface area contributed by atoms with Crippen LogP contribution >= 0.6 is 11.8 Å². The maximum atomic E-state index is 4.02. The molecule has 1 nitrogen and oxygen atoms in total. The molecule has 0 atom stereocenters. The normalized spacial score (nSPS) is 27.7. The third-order valence-corrected chi connectivity index (χ3v) is 4.58. The Hall–Kier alpha value is -0.110. The van der Waals surface area contributed by atoms with Crippen molar-refractivity contribution in [2.24, 2.45) is 0 Å². The summed E-state index contributed by atoms with van der Waals surface area (Å²) in [5.74, 6) is 0. The van der Waals surface area contributed by atoms with Gasteiger partial charge in [0.1, 0.15) is 0 Å². The van der Waals surface area contributed by atoms with E-state index < -0.39 is 0 Å². The Morgan fingerprint density at radius 1 is 1.27 bits per heavy atom. The van der Waals surface area contributed by atoms with Gasteiger partial charge in [-0.15, -0.1) is 11.8 Å². The number of thioether (sulfide) groups is 1. The fourth-order valence-electron chi connectivity index (χ4n) is 1.20. The maximum Gasteiger partial charge on any atom is 0.0642 e. The summed E-state index contributed by atoms with van der Waals surface area (Å²) < 4.78 is 0.277. The van der Waals surface area contributed by atoms with Crippen molar-refractivity contribution >= 4 is 11.8 Å². The van der Waals surface area contributed by atoms with E-state index in [-0.39, 0.29) is 10.3 Å². The molecule has 0 radical (unpaired) electrons. The smallest absolute Gasteiger partial charge is 0.0642 e. The first kappa shape index (κ1) is 8.98. The molecule has 0 spiro atoms. The van der Waals surface area contributed by atoms with E-state index in [4.69, 9.17) is 0 Å². The van der Waals surface area contributed by atoms with Crippen LogP contribution in [0.25, 0.3) is 0 Å². The Balaban J connectivity index is 3.01. The molecule has 0 unspecified atom stereocenters. The lowest BCUT2D eigenvalue weighted by molar-refractivity contribution is 0.194. The zero-order valence-electron chi connectivity index (χ0n) is 8.06. The Morgan fingerprint density at radius 2 is 1.73 bits per heavy atom. The second-order valence-electron chi connectivity index (χ2n) is 4.12. The summed E-state index contributed by atoms with van der Waals surface area (Å²) in [7, 11) is 2.12. The summed E-state index contributed by atoms with van der Waals surface area (Å²) in [5, 5.41) is 1.18. The molecule has 1 saturated heterocycles. The molecule has 1 fully saturated rings. The second-order valence-corrected chi connectivity index (χ2v) is 5.82. The van der Waals surface area contributed by atoms with Gasteiger partial charge in [-0.05, 0) is 27.7 Å². The van der Waals surface area contributed by atoms with Crippen LogP contribution in [0.15, 0.2) is 11.6 Å². The van der Waals surface area contributed by atoms with Crippen molar-refractivity contribution in [2.75, 3.05) is 7.05 Å². The molecule has 0 aliphatic carbocycles. The highest BCUT2D eigenvalue weighted by molar-refractivity contribution is 8.04. The van der Waals surface area contributed by atoms with Crippen LogP contribution < -0.4 is 0 Å². The molecule has 1 aliphatic heterocycles. The number of nitrogens with zero attached hydrogens (tertiary/aromatic N) is 1. The molecule has 0 N–H and O–H groups in total. The first-order valence-corrected chi connectivity index (χ1v) is 4.72. The average Bonchev–Trinajstić information content (AvgIpc) is 1.93. The highest BCUT2D eigenvalue weighted by Gasteiger charge is 2.47. The van der Waals surface area contributed by atoms with Gasteiger partial charge in [0.25, 0.3) is 0 Å². The van der Waals surface area contributed by atoms with Gasteiger partial charge in [-0.2, -0.15) is 0 Å². The summed E-state index contributed by atoms with van der Waals surface area (Å²) in [6.07, 6.45) is 0. The van der Waals surface area contributed by atoms with E-state index in [1.807, 2.05) is 11.8 Å². The molecule has 1 rings (SSSR count). The third-order valence-electron chi connectivity index (χ3n) is 3.06. The van der Waals surface area contributed by atoms with Crippen molar-refractivity contribution in [3.8, 4) is 0 Å². The number of rotatable bonds is 0. The Labute approximate surface area is 73.8 Å². The number of hydrogen-bond donors (Lipinski definition) is 0. The van der Waals surface area contributed by atoms with Crippen molar-refractivity contribution in [2.45, 2.75) is 38.0 Å². The van der Waals surface area contributed by atoms with E-state index in [0.29, 0.717) is 0 Å². The topological polar surface area (TPSA) is 3.24 Å². The maximum absolute atomic E-state index is 4.02. The lowest BCUT2D eigenvalue weighted by Crippen LogP contribution is -2.47. The van der Waals surface area contributed by atoms with Crippen LogP contribution in [0.4, 0.5) is 0 Å². The van der Waals surface area contributed by atoms with E-state index in [1.54, 1.807) is 0 Å². The molecular weight excluding hydrogens is 154 g/mol. The van der Waals surface area contributed by atoms with E-state index in [9.17, 15) is 0 Å². The average molecular weight is 171 g/mol. The summed E-state index contributed by atoms with van der Waals surface area (Å²) in [5.41, 5.74) is 0.217. The summed E-state index contributed by atoms with van der Waals surface area (Å²) in [6.45, 7) is 13.1. The molecule has 0 aromatic rings. The lowest BCUT2D eigenvalue weighted by Gasteiger charge is -2.38. The molecule has 1 aliphatic rings. The van der Waals surface area contributed by atoms with Crippen LogP contribution in [0.5, 0.6) is 0 Å². The third kappa shape index (κ3) is 1.08. The fraction of sp³-hybridized carbons (Fsp3) is 0.778. The summed E-state index contributed by atoms with van der Waals surface area (Å²) in [6, 6.07) is 0. The standard InChI is InChI=1S/C9H17NS/c1-7-10(6)8(2,3)9(4,5)11-7/h1H2,2-6H3. The van der Waals surface area contributed by atoms with E-state index in [2.05, 4.69) is 46.2 Å². The van der Waals surface area contributed by atoms with Gasteiger partial charge < -0.3 is 4.90 Å². The van der Waals surface area contributed by atoms with Crippen molar-refractivity contribution < 1.29 is 0 Å². The van der Waals surface area contributed by atoms with Gasteiger partial charge in [-0.1, -0.05) is 6.58 Å². The Kier molecular flexibility index (Phi) is 1.79. The second kappa shape index (κ2) is 2.19. The van der Waals surface area contributed by atoms with Crippen molar-refractivity contribution in [1.29, 1.82) is 0 Å². The van der Waals surface area contributed by atoms with Crippen molar-refractivity contribution in [3.63, 3.8) is 0 Å². The highest BCUT2D eigenvalue weighted by Crippen LogP contribution is 2.51. The predicted molar refractivity (Wildman–Crippen MR) is 52.7 cm³/mol. The number of hydrogen-bond acceptors (Lipinski definition) is 2. The molecule has 0 aromatic carbocycles. The molecule has 0 saturated carbocycles. The monoisotopic (exact) mass is 171 g/mol. The Morgan fingerprint density at radius 3 is 1.82 bits per heavy atom. The molecule has 0 bridgehead atoms. The minimum Gasteiger partial charge on any atom is -0.363 e. The highest BCUT2D eigenvalue weighted by atomic mass is 32.2. The van der Waals surface area contributed by atoms with Crippen molar-refractivity contribution in [3.05, 3.63) is 11.6 Å². The fourth-order valence-corrected chi connectivity index (χ4v) is 2.54. The Bertz CT molecular complexity index is 194. The van der Waals surface area contributed by atoms with Crippen LogP contribution in [0.3, 0.4) is 0 Å². The van der Waals surface area contributed by atoms with Gasteiger partial charge in [0.15, 0.2) is 0 Å². The quantitative estimate of drug-likeness (QED) is 0.551. The summed E-state index contributed by atoms with van der Waals surface area (Å²) in [4.78, 5) is 2.26. The molecule has 0 aromatic heterocycles. The molecule has 64 valence electrons. The van der Waals surface area contributed by atoms with Gasteiger partial charge in [-0.25, -0.2) is 0 Å². The molecule has 0 amide bonds. The molecule has 11 heavy (non-hydrogen) atoms. The first-order valence-electron chi connectivity index (χ1n) is 3.91. The van der Waals surface area contributed by atoms with Gasteiger partial charge in [0.05, 0.1) is 5.03 Å². The van der Waals surface area contributed by atoms with E-state index in [1.165, 1.54) is 5.03 Å². The largest absolute Gasteiger partial charge is 0.363 e. The van der Waals surface area contributed by atoms with Gasteiger partial charge in [0, 0.05) is 17.3 Å². The van der Waals surface area contributed by atoms with Crippen LogP contribution in [0, 0.1) is 0 Å². The molecule has 1 heterocycles. The predicted octanol–water partition coefficient (Wildman–Crippen LogP) is 2.69. The first-order chi connectivity index (χ1) is 4.79. The summed E-state index contributed by atoms with van der Waals surface area (Å²) >= 11 is 1.87. The minimum atomic E-state index is 0.217. The molecular formula is C9H17NS. The molecule has 2 heteroatoms. The zero-order chi connectivity index (χ0) is 8.86. The van der Waals surface area contributed by atoms with Gasteiger partial charge in [0.2, 0.25) is 0 Å². The van der Waals surface area contributed by atoms with E-state index in [0.717, 1.165) is 0 Å².